The molecule has 0 amide bonds. The zero-order chi connectivity index (χ0) is 17.3. The fourth-order valence-corrected chi connectivity index (χ4v) is 113. The average molecular weight is 468 g/mol. The van der Waals surface area contributed by atoms with Gasteiger partial charge in [0.2, 0.25) is 0 Å². The topological polar surface area (TPSA) is 0 Å². The van der Waals surface area contributed by atoms with Crippen LogP contribution in [0.15, 0.2) is 0 Å². The van der Waals surface area contributed by atoms with Crippen molar-refractivity contribution < 1.29 is 0 Å². The molecule has 0 N–H and O–H groups in total. The molecular formula is C16H44Si4Sn. The molecule has 0 nitrogen and oxygen atoms in total. The fourth-order valence-electron chi connectivity index (χ4n) is 4.87. The van der Waals surface area contributed by atoms with Crippen molar-refractivity contribution in [2.75, 3.05) is 0 Å². The molecule has 0 atom stereocenters. The zero-order valence-electron chi connectivity index (χ0n) is 17.3. The molecule has 0 bridgehead atoms. The molecule has 0 aromatic heterocycles. The third kappa shape index (κ3) is 12.7. The second-order valence-corrected chi connectivity index (χ2v) is 55.0. The van der Waals surface area contributed by atoms with E-state index in [2.05, 4.69) is 78.6 Å². The van der Waals surface area contributed by atoms with Crippen LogP contribution in [-0.2, 0) is 0 Å². The Morgan fingerprint density at radius 3 is 0.619 bits per heavy atom. The first kappa shape index (κ1) is 22.7. The molecule has 0 aliphatic rings. The Bertz CT molecular complexity index is 257. The van der Waals surface area contributed by atoms with Crippen LogP contribution < -0.4 is 0 Å². The summed E-state index contributed by atoms with van der Waals surface area (Å²) < 4.78 is 7.11. The summed E-state index contributed by atoms with van der Waals surface area (Å²) in [5.41, 5.74) is 0. The minimum atomic E-state index is -2.00. The monoisotopic (exact) mass is 468 g/mol. The van der Waals surface area contributed by atoms with Crippen molar-refractivity contribution in [3.8, 4) is 0 Å². The third-order valence-corrected chi connectivity index (χ3v) is 72.9. The van der Waals surface area contributed by atoms with E-state index < -0.39 is 50.7 Å². The van der Waals surface area contributed by atoms with Crippen LogP contribution in [0.25, 0.3) is 0 Å². The Balaban J connectivity index is 5.70. The van der Waals surface area contributed by atoms with Crippen LogP contribution in [0.3, 0.4) is 0 Å². The van der Waals surface area contributed by atoms with Crippen molar-refractivity contribution in [1.82, 2.24) is 0 Å². The van der Waals surface area contributed by atoms with E-state index in [4.69, 9.17) is 0 Å². The predicted octanol–water partition coefficient (Wildman–Crippen LogP) is 6.94. The zero-order valence-corrected chi connectivity index (χ0v) is 24.2. The number of hydrogen-bond donors (Lipinski definition) is 0. The van der Waals surface area contributed by atoms with Crippen molar-refractivity contribution in [2.24, 2.45) is 0 Å². The quantitative estimate of drug-likeness (QED) is 0.339. The van der Waals surface area contributed by atoms with Gasteiger partial charge >= 0.3 is 145 Å². The summed E-state index contributed by atoms with van der Waals surface area (Å²) in [6, 6.07) is 0. The molecule has 5 heteroatoms. The van der Waals surface area contributed by atoms with Crippen LogP contribution in [0.5, 0.6) is 0 Å². The van der Waals surface area contributed by atoms with Gasteiger partial charge in [-0.15, -0.1) is 0 Å². The van der Waals surface area contributed by atoms with Gasteiger partial charge in [-0.3, -0.25) is 0 Å². The number of rotatable bonds is 8. The Kier molecular flexibility index (Phi) is 7.85. The van der Waals surface area contributed by atoms with E-state index in [1.54, 1.807) is 16.2 Å². The standard InChI is InChI=1S/4C4H11Si.Sn/c4*1-5(2,3)4;/h4*1H2,2-4H3;. The molecule has 0 aliphatic carbocycles. The summed E-state index contributed by atoms with van der Waals surface area (Å²) in [6.07, 6.45) is 0. The molecule has 0 aromatic rings. The van der Waals surface area contributed by atoms with Gasteiger partial charge in [0.25, 0.3) is 0 Å². The van der Waals surface area contributed by atoms with Gasteiger partial charge < -0.3 is 0 Å². The van der Waals surface area contributed by atoms with Crippen LogP contribution in [-0.4, -0.2) is 50.7 Å². The van der Waals surface area contributed by atoms with Crippen molar-refractivity contribution in [3.63, 3.8) is 0 Å². The molecule has 0 aromatic carbocycles. The average Bonchev–Trinajstić information content (AvgIpc) is 1.83. The first-order valence-electron chi connectivity index (χ1n) is 8.83. The Labute approximate surface area is 144 Å². The summed E-state index contributed by atoms with van der Waals surface area (Å²) in [5, 5.41) is 0. The van der Waals surface area contributed by atoms with Gasteiger partial charge in [-0.1, -0.05) is 0 Å². The Morgan fingerprint density at radius 1 is 0.381 bits per heavy atom. The molecular weight excluding hydrogens is 423 g/mol. The van der Waals surface area contributed by atoms with Crippen molar-refractivity contribution in [3.05, 3.63) is 0 Å². The van der Waals surface area contributed by atoms with E-state index in [0.717, 1.165) is 0 Å². The van der Waals surface area contributed by atoms with Gasteiger partial charge in [0.15, 0.2) is 0 Å². The van der Waals surface area contributed by atoms with Crippen molar-refractivity contribution >= 4 is 50.7 Å². The van der Waals surface area contributed by atoms with Gasteiger partial charge in [0, 0.05) is 0 Å². The first-order valence-corrected chi connectivity index (χ1v) is 31.7. The van der Waals surface area contributed by atoms with Gasteiger partial charge in [-0.25, -0.2) is 0 Å². The maximum atomic E-state index is 2.65. The van der Waals surface area contributed by atoms with Crippen LogP contribution in [0.2, 0.25) is 94.8 Å². The second kappa shape index (κ2) is 7.27. The summed E-state index contributed by atoms with van der Waals surface area (Å²) in [5.74, 6) is 0. The Hall–Kier alpha value is 1.67. The van der Waals surface area contributed by atoms with E-state index in [0.29, 0.717) is 0 Å². The first-order chi connectivity index (χ1) is 8.83. The summed E-state index contributed by atoms with van der Waals surface area (Å²) in [4.78, 5) is 0. The second-order valence-electron chi connectivity index (χ2n) is 12.4. The van der Waals surface area contributed by atoms with Crippen LogP contribution in [0, 0.1) is 0 Å². The maximum absolute atomic E-state index is 2.65. The molecule has 0 unspecified atom stereocenters. The van der Waals surface area contributed by atoms with Crippen LogP contribution >= 0.6 is 0 Å². The van der Waals surface area contributed by atoms with Crippen molar-refractivity contribution in [1.29, 1.82) is 0 Å². The summed E-state index contributed by atoms with van der Waals surface area (Å²) in [6.45, 7) is 31.8. The molecule has 0 aliphatic heterocycles. The molecule has 0 spiro atoms. The van der Waals surface area contributed by atoms with E-state index in [1.165, 1.54) is 0 Å². The number of hydrogen-bond acceptors (Lipinski definition) is 0. The van der Waals surface area contributed by atoms with E-state index in [9.17, 15) is 0 Å². The molecule has 0 radical (unpaired) electrons. The Morgan fingerprint density at radius 2 is 0.524 bits per heavy atom. The van der Waals surface area contributed by atoms with Crippen molar-refractivity contribution in [2.45, 2.75) is 94.8 Å². The fraction of sp³-hybridized carbons (Fsp3) is 1.00. The van der Waals surface area contributed by atoms with E-state index in [1.807, 2.05) is 0 Å². The van der Waals surface area contributed by atoms with Gasteiger partial charge in [0.1, 0.15) is 0 Å². The molecule has 0 heterocycles. The molecule has 0 saturated carbocycles. The third-order valence-electron chi connectivity index (χ3n) is 3.62. The van der Waals surface area contributed by atoms with Gasteiger partial charge in [-0.05, 0) is 0 Å². The van der Waals surface area contributed by atoms with Crippen LogP contribution in [0.1, 0.15) is 0 Å². The normalized spacial score (nSPS) is 15.4. The van der Waals surface area contributed by atoms with Gasteiger partial charge in [0.05, 0.1) is 0 Å². The molecule has 0 rings (SSSR count). The van der Waals surface area contributed by atoms with E-state index >= 15 is 0 Å². The van der Waals surface area contributed by atoms with E-state index in [-0.39, 0.29) is 0 Å². The molecule has 128 valence electrons. The molecule has 21 heavy (non-hydrogen) atoms. The SMILES string of the molecule is C[Si](C)(C)[CH2][Sn]([CH2][Si](C)(C)C)([CH2][Si](C)(C)C)[CH2][Si](C)(C)C. The predicted molar refractivity (Wildman–Crippen MR) is 118 cm³/mol. The molecule has 0 saturated heterocycles. The summed E-state index contributed by atoms with van der Waals surface area (Å²) >= 11 is -2.00. The summed E-state index contributed by atoms with van der Waals surface area (Å²) in [7, 11) is -3.73. The molecule has 0 fully saturated rings. The van der Waals surface area contributed by atoms with Crippen LogP contribution in [0.4, 0.5) is 0 Å². The minimum absolute atomic E-state index is 0.932. The van der Waals surface area contributed by atoms with Gasteiger partial charge in [-0.2, -0.15) is 0 Å².